The molecule has 0 aliphatic heterocycles. The fourth-order valence-electron chi connectivity index (χ4n) is 2.02. The molecule has 1 aliphatic carbocycles. The van der Waals surface area contributed by atoms with Gasteiger partial charge in [-0.05, 0) is 32.4 Å². The maximum atomic E-state index is 12.7. The molecule has 1 N–H and O–H groups in total. The van der Waals surface area contributed by atoms with Gasteiger partial charge in [0.05, 0.1) is 9.64 Å². The van der Waals surface area contributed by atoms with Crippen molar-refractivity contribution in [2.45, 2.75) is 36.8 Å². The summed E-state index contributed by atoms with van der Waals surface area (Å²) >= 11 is 0. The van der Waals surface area contributed by atoms with Crippen LogP contribution in [0.25, 0.3) is 6.08 Å². The molecule has 1 aliphatic rings. The third-order valence-corrected chi connectivity index (χ3v) is 6.52. The molecule has 0 heterocycles. The zero-order valence-electron chi connectivity index (χ0n) is 11.7. The van der Waals surface area contributed by atoms with Gasteiger partial charge in [-0.25, -0.2) is 8.42 Å². The van der Waals surface area contributed by atoms with E-state index in [1.54, 1.807) is 26.0 Å². The minimum atomic E-state index is -3.54. The number of allylic oxidation sites excluding steroid dienone is 1. The number of fused-ring (bicyclic) bond motifs is 1. The van der Waals surface area contributed by atoms with E-state index in [0.29, 0.717) is 12.0 Å². The van der Waals surface area contributed by atoms with Gasteiger partial charge in [0.1, 0.15) is 5.71 Å². The largest absolute Gasteiger partial charge is 0.297 e. The van der Waals surface area contributed by atoms with Crippen LogP contribution in [0, 0.1) is 5.41 Å². The highest BCUT2D eigenvalue weighted by Crippen LogP contribution is 2.33. The van der Waals surface area contributed by atoms with E-state index in [-0.39, 0.29) is 16.2 Å². The van der Waals surface area contributed by atoms with Crippen molar-refractivity contribution >= 4 is 27.4 Å². The molecule has 0 saturated carbocycles. The predicted octanol–water partition coefficient (Wildman–Crippen LogP) is 2.88. The van der Waals surface area contributed by atoms with E-state index in [0.717, 1.165) is 0 Å². The van der Waals surface area contributed by atoms with Crippen LogP contribution in [0.15, 0.2) is 29.2 Å². The molecule has 20 heavy (non-hydrogen) atoms. The lowest BCUT2D eigenvalue weighted by molar-refractivity contribution is 0.106. The van der Waals surface area contributed by atoms with Crippen molar-refractivity contribution in [3.63, 3.8) is 0 Å². The van der Waals surface area contributed by atoms with Crippen molar-refractivity contribution in [1.29, 1.82) is 5.41 Å². The molecule has 0 unspecified atom stereocenters. The Labute approximate surface area is 118 Å². The fraction of sp³-hybridized carbons (Fsp3) is 0.333. The van der Waals surface area contributed by atoms with Gasteiger partial charge in [-0.15, -0.1) is 0 Å². The Morgan fingerprint density at radius 3 is 2.45 bits per heavy atom. The summed E-state index contributed by atoms with van der Waals surface area (Å²) in [6, 6.07) is 4.65. The van der Waals surface area contributed by atoms with E-state index in [9.17, 15) is 13.2 Å². The monoisotopic (exact) mass is 291 g/mol. The first kappa shape index (κ1) is 14.7. The minimum absolute atomic E-state index is 0.123. The van der Waals surface area contributed by atoms with Crippen LogP contribution in [-0.4, -0.2) is 24.7 Å². The van der Waals surface area contributed by atoms with E-state index in [2.05, 4.69) is 0 Å². The Hall–Kier alpha value is -1.75. The average Bonchev–Trinajstić information content (AvgIpc) is 2.42. The standard InChI is InChI=1S/C15H17NO3S/c1-4-15(2,3)20(18,19)13-7-5-6-11-10(13)8-9-12(16)14(11)17/h5-9,16H,4H2,1-3H3. The molecule has 0 fully saturated rings. The second-order valence-electron chi connectivity index (χ2n) is 5.41. The Bertz CT molecular complexity index is 727. The SMILES string of the molecule is CCC(C)(C)S(=O)(=O)c1cccc2c1C=CC(=N)C2=O. The molecule has 0 radical (unpaired) electrons. The molecular weight excluding hydrogens is 274 g/mol. The molecule has 0 saturated heterocycles. The van der Waals surface area contributed by atoms with Gasteiger partial charge in [0.15, 0.2) is 9.84 Å². The third-order valence-electron chi connectivity index (χ3n) is 3.84. The highest BCUT2D eigenvalue weighted by molar-refractivity contribution is 7.92. The second-order valence-corrected chi connectivity index (χ2v) is 7.96. The van der Waals surface area contributed by atoms with E-state index >= 15 is 0 Å². The van der Waals surface area contributed by atoms with Crippen LogP contribution >= 0.6 is 0 Å². The lowest BCUT2D eigenvalue weighted by Crippen LogP contribution is -2.32. The zero-order chi connectivity index (χ0) is 15.1. The number of Topliss-reactive ketones (excluding diaryl/α,β-unsaturated/α-hetero) is 1. The minimum Gasteiger partial charge on any atom is -0.297 e. The van der Waals surface area contributed by atoms with Crippen LogP contribution < -0.4 is 0 Å². The number of benzene rings is 1. The summed E-state index contributed by atoms with van der Waals surface area (Å²) in [5, 5.41) is 7.53. The summed E-state index contributed by atoms with van der Waals surface area (Å²) in [6.45, 7) is 5.18. The van der Waals surface area contributed by atoms with Crippen LogP contribution in [0.5, 0.6) is 0 Å². The molecule has 0 spiro atoms. The van der Waals surface area contributed by atoms with Crippen LogP contribution in [0.1, 0.15) is 43.1 Å². The number of hydrogen-bond acceptors (Lipinski definition) is 4. The molecule has 2 rings (SSSR count). The number of rotatable bonds is 3. The number of carbonyl (C=O) groups is 1. The Morgan fingerprint density at radius 1 is 1.20 bits per heavy atom. The molecule has 4 nitrogen and oxygen atoms in total. The number of ketones is 1. The highest BCUT2D eigenvalue weighted by atomic mass is 32.2. The summed E-state index contributed by atoms with van der Waals surface area (Å²) in [4.78, 5) is 12.1. The lowest BCUT2D eigenvalue weighted by atomic mass is 9.95. The van der Waals surface area contributed by atoms with Gasteiger partial charge in [-0.1, -0.05) is 25.1 Å². The predicted molar refractivity (Wildman–Crippen MR) is 79.1 cm³/mol. The van der Waals surface area contributed by atoms with Gasteiger partial charge in [-0.3, -0.25) is 10.2 Å². The Balaban J connectivity index is 2.73. The van der Waals surface area contributed by atoms with E-state index in [1.807, 2.05) is 6.92 Å². The maximum Gasteiger partial charge on any atom is 0.211 e. The molecule has 0 amide bonds. The van der Waals surface area contributed by atoms with Crippen molar-refractivity contribution in [2.24, 2.45) is 0 Å². The van der Waals surface area contributed by atoms with Crippen LogP contribution in [0.3, 0.4) is 0 Å². The summed E-state index contributed by atoms with van der Waals surface area (Å²) < 4.78 is 24.6. The second kappa shape index (κ2) is 4.66. The number of sulfone groups is 1. The molecule has 106 valence electrons. The van der Waals surface area contributed by atoms with E-state index in [4.69, 9.17) is 5.41 Å². The van der Waals surface area contributed by atoms with Crippen molar-refractivity contribution in [2.75, 3.05) is 0 Å². The molecule has 1 aromatic carbocycles. The molecule has 0 aromatic heterocycles. The summed E-state index contributed by atoms with van der Waals surface area (Å²) in [5.41, 5.74) is 0.558. The Morgan fingerprint density at radius 2 is 1.85 bits per heavy atom. The first-order valence-corrected chi connectivity index (χ1v) is 7.89. The first-order chi connectivity index (χ1) is 9.22. The molecular formula is C15H17NO3S. The van der Waals surface area contributed by atoms with Crippen molar-refractivity contribution in [3.8, 4) is 0 Å². The van der Waals surface area contributed by atoms with Crippen LogP contribution in [0.4, 0.5) is 0 Å². The number of hydrogen-bond donors (Lipinski definition) is 1. The van der Waals surface area contributed by atoms with Crippen molar-refractivity contribution in [3.05, 3.63) is 35.4 Å². The summed E-state index contributed by atoms with van der Waals surface area (Å²) in [6.07, 6.45) is 3.37. The van der Waals surface area contributed by atoms with E-state index < -0.39 is 20.4 Å². The molecule has 0 atom stereocenters. The summed E-state index contributed by atoms with van der Waals surface area (Å²) in [5.74, 6) is -0.436. The van der Waals surface area contributed by atoms with Gasteiger partial charge in [0.2, 0.25) is 5.78 Å². The van der Waals surface area contributed by atoms with E-state index in [1.165, 1.54) is 18.2 Å². The van der Waals surface area contributed by atoms with Crippen molar-refractivity contribution in [1.82, 2.24) is 0 Å². The summed E-state index contributed by atoms with van der Waals surface area (Å²) in [7, 11) is -3.54. The van der Waals surface area contributed by atoms with Crippen LogP contribution in [0.2, 0.25) is 0 Å². The van der Waals surface area contributed by atoms with Crippen molar-refractivity contribution < 1.29 is 13.2 Å². The quantitative estimate of drug-likeness (QED) is 0.930. The highest BCUT2D eigenvalue weighted by Gasteiger charge is 2.36. The molecule has 0 bridgehead atoms. The van der Waals surface area contributed by atoms with Gasteiger partial charge >= 0.3 is 0 Å². The first-order valence-electron chi connectivity index (χ1n) is 6.41. The molecule has 5 heteroatoms. The fourth-order valence-corrected chi connectivity index (χ4v) is 3.72. The van der Waals surface area contributed by atoms with Gasteiger partial charge < -0.3 is 0 Å². The average molecular weight is 291 g/mol. The third kappa shape index (κ3) is 2.02. The van der Waals surface area contributed by atoms with Crippen LogP contribution in [-0.2, 0) is 9.84 Å². The molecule has 1 aromatic rings. The maximum absolute atomic E-state index is 12.7. The van der Waals surface area contributed by atoms with Gasteiger partial charge in [0, 0.05) is 11.1 Å². The van der Waals surface area contributed by atoms with Gasteiger partial charge in [-0.2, -0.15) is 0 Å². The number of nitrogens with one attached hydrogen (secondary N) is 1. The van der Waals surface area contributed by atoms with Gasteiger partial charge in [0.25, 0.3) is 0 Å². The topological polar surface area (TPSA) is 75.1 Å². The lowest BCUT2D eigenvalue weighted by Gasteiger charge is -2.25. The zero-order valence-corrected chi connectivity index (χ0v) is 12.5. The Kier molecular flexibility index (Phi) is 3.42. The normalized spacial score (nSPS) is 15.3. The smallest absolute Gasteiger partial charge is 0.211 e. The number of carbonyl (C=O) groups excluding carboxylic acids is 1.